The van der Waals surface area contributed by atoms with Crippen LogP contribution in [0.1, 0.15) is 38.1 Å². The summed E-state index contributed by atoms with van der Waals surface area (Å²) in [6, 6.07) is 9.87. The number of hydrogen-bond donors (Lipinski definition) is 1. The van der Waals surface area contributed by atoms with Gasteiger partial charge in [0.05, 0.1) is 16.1 Å². The van der Waals surface area contributed by atoms with E-state index in [1.54, 1.807) is 11.9 Å². The zero-order valence-corrected chi connectivity index (χ0v) is 19.0. The van der Waals surface area contributed by atoms with Crippen molar-refractivity contribution in [2.75, 3.05) is 20.1 Å². The van der Waals surface area contributed by atoms with Gasteiger partial charge in [0, 0.05) is 38.2 Å². The van der Waals surface area contributed by atoms with Gasteiger partial charge in [-0.25, -0.2) is 4.98 Å². The Hall–Kier alpha value is -3.00. The lowest BCUT2D eigenvalue weighted by atomic mass is 9.81. The Morgan fingerprint density at radius 2 is 2.03 bits per heavy atom. The largest absolute Gasteiger partial charge is 0.361 e. The molecule has 0 spiro atoms. The van der Waals surface area contributed by atoms with E-state index in [-0.39, 0.29) is 11.8 Å². The van der Waals surface area contributed by atoms with Crippen LogP contribution in [0.3, 0.4) is 0 Å². The molecule has 1 unspecified atom stereocenters. The number of hydrogen-bond acceptors (Lipinski definition) is 6. The first-order valence-electron chi connectivity index (χ1n) is 10.3. The van der Waals surface area contributed by atoms with Crippen molar-refractivity contribution < 1.29 is 14.1 Å². The second kappa shape index (κ2) is 8.26. The average Bonchev–Trinajstić information content (AvgIpc) is 3.47. The molecule has 1 atom stereocenters. The first-order chi connectivity index (χ1) is 14.8. The van der Waals surface area contributed by atoms with Crippen molar-refractivity contribution in [3.63, 3.8) is 0 Å². The predicted octanol–water partition coefficient (Wildman–Crippen LogP) is 3.54. The fourth-order valence-corrected chi connectivity index (χ4v) is 5.20. The second-order valence-corrected chi connectivity index (χ2v) is 9.36. The molecule has 0 bridgehead atoms. The number of thiazole rings is 1. The summed E-state index contributed by atoms with van der Waals surface area (Å²) in [5.74, 6) is 0.488. The Labute approximate surface area is 185 Å². The highest BCUT2D eigenvalue weighted by atomic mass is 32.1. The maximum atomic E-state index is 13.1. The molecule has 1 fully saturated rings. The fraction of sp³-hybridized carbons (Fsp3) is 0.391. The molecule has 7 nitrogen and oxygen atoms in total. The molecule has 31 heavy (non-hydrogen) atoms. The van der Waals surface area contributed by atoms with Crippen molar-refractivity contribution in [3.8, 4) is 11.3 Å². The number of aryl methyl sites for hydroxylation is 3. The molecule has 2 aromatic heterocycles. The summed E-state index contributed by atoms with van der Waals surface area (Å²) < 4.78 is 5.62. The maximum Gasteiger partial charge on any atom is 0.265 e. The number of carbonyl (C=O) groups excluding carboxylic acids is 2. The highest BCUT2D eigenvalue weighted by molar-refractivity contribution is 7.13. The van der Waals surface area contributed by atoms with Gasteiger partial charge >= 0.3 is 0 Å². The Morgan fingerprint density at radius 3 is 2.71 bits per heavy atom. The van der Waals surface area contributed by atoms with Gasteiger partial charge in [-0.05, 0) is 32.8 Å². The molecular weight excluding hydrogens is 412 g/mol. The van der Waals surface area contributed by atoms with Crippen LogP contribution in [0.25, 0.3) is 11.3 Å². The molecule has 1 aromatic carbocycles. The number of nitrogens with one attached hydrogen (secondary N) is 1. The van der Waals surface area contributed by atoms with Gasteiger partial charge in [0.2, 0.25) is 5.91 Å². The molecule has 1 saturated heterocycles. The number of rotatable bonds is 5. The van der Waals surface area contributed by atoms with Crippen molar-refractivity contribution in [2.24, 2.45) is 5.41 Å². The number of amides is 2. The van der Waals surface area contributed by atoms with E-state index in [1.165, 1.54) is 11.3 Å². The van der Waals surface area contributed by atoms with Crippen LogP contribution in [0.15, 0.2) is 34.9 Å². The Morgan fingerprint density at radius 1 is 1.26 bits per heavy atom. The van der Waals surface area contributed by atoms with Gasteiger partial charge < -0.3 is 14.7 Å². The summed E-state index contributed by atoms with van der Waals surface area (Å²) in [5.41, 5.74) is 2.85. The topological polar surface area (TPSA) is 88.3 Å². The molecule has 0 radical (unpaired) electrons. The van der Waals surface area contributed by atoms with Crippen LogP contribution in [-0.4, -0.2) is 47.0 Å². The summed E-state index contributed by atoms with van der Waals surface area (Å²) in [4.78, 5) is 32.8. The molecular formula is C23H26N4O3S. The number of nitrogens with zero attached hydrogens (tertiary/aromatic N) is 3. The summed E-state index contributed by atoms with van der Waals surface area (Å²) in [6.07, 6.45) is 0.950. The second-order valence-electron chi connectivity index (χ2n) is 8.15. The molecule has 3 aromatic rings. The summed E-state index contributed by atoms with van der Waals surface area (Å²) in [5, 5.41) is 7.87. The predicted molar refractivity (Wildman–Crippen MR) is 119 cm³/mol. The molecule has 8 heteroatoms. The standard InChI is InChI=1S/C23H26N4O3S/c1-14-7-5-6-8-18(14)19-11-17(30-26-19)12-23(22(29)24-4)9-10-27(13-23)21(28)20-15(2)25-16(3)31-20/h5-8,11H,9-10,12-13H2,1-4H3,(H,24,29). The molecule has 1 aliphatic rings. The lowest BCUT2D eigenvalue weighted by molar-refractivity contribution is -0.130. The van der Waals surface area contributed by atoms with Gasteiger partial charge in [0.1, 0.15) is 16.3 Å². The monoisotopic (exact) mass is 438 g/mol. The minimum atomic E-state index is -0.749. The van der Waals surface area contributed by atoms with Gasteiger partial charge in [-0.3, -0.25) is 9.59 Å². The van der Waals surface area contributed by atoms with E-state index in [1.807, 2.05) is 51.1 Å². The van der Waals surface area contributed by atoms with E-state index in [4.69, 9.17) is 4.52 Å². The van der Waals surface area contributed by atoms with Gasteiger partial charge in [-0.2, -0.15) is 0 Å². The lowest BCUT2D eigenvalue weighted by Crippen LogP contribution is -2.44. The average molecular weight is 439 g/mol. The highest BCUT2D eigenvalue weighted by Crippen LogP contribution is 2.37. The number of aromatic nitrogens is 2. The maximum absolute atomic E-state index is 13.1. The van der Waals surface area contributed by atoms with Crippen molar-refractivity contribution in [1.82, 2.24) is 20.4 Å². The molecule has 1 aliphatic heterocycles. The zero-order chi connectivity index (χ0) is 22.2. The van der Waals surface area contributed by atoms with Crippen molar-refractivity contribution >= 4 is 23.2 Å². The summed E-state index contributed by atoms with van der Waals surface area (Å²) in [6.45, 7) is 6.62. The Bertz CT molecular complexity index is 1140. The van der Waals surface area contributed by atoms with Crippen LogP contribution in [-0.2, 0) is 11.2 Å². The Balaban J connectivity index is 1.57. The van der Waals surface area contributed by atoms with E-state index in [2.05, 4.69) is 15.5 Å². The van der Waals surface area contributed by atoms with Gasteiger partial charge in [-0.15, -0.1) is 11.3 Å². The van der Waals surface area contributed by atoms with Crippen molar-refractivity contribution in [2.45, 2.75) is 33.6 Å². The first-order valence-corrected chi connectivity index (χ1v) is 11.1. The first kappa shape index (κ1) is 21.2. The van der Waals surface area contributed by atoms with Gasteiger partial charge in [0.15, 0.2) is 0 Å². The fourth-order valence-electron chi connectivity index (χ4n) is 4.31. The molecule has 1 N–H and O–H groups in total. The highest BCUT2D eigenvalue weighted by Gasteiger charge is 2.47. The molecule has 0 saturated carbocycles. The van der Waals surface area contributed by atoms with Crippen molar-refractivity contribution in [1.29, 1.82) is 0 Å². The van der Waals surface area contributed by atoms with E-state index < -0.39 is 5.41 Å². The molecule has 0 aliphatic carbocycles. The smallest absolute Gasteiger partial charge is 0.265 e. The van der Waals surface area contributed by atoms with Crippen LogP contribution in [0.5, 0.6) is 0 Å². The summed E-state index contributed by atoms with van der Waals surface area (Å²) >= 11 is 1.40. The number of likely N-dealkylation sites (tertiary alicyclic amines) is 1. The number of carbonyl (C=O) groups is 2. The van der Waals surface area contributed by atoms with E-state index in [0.29, 0.717) is 36.6 Å². The van der Waals surface area contributed by atoms with Crippen LogP contribution in [0.2, 0.25) is 0 Å². The third-order valence-corrected chi connectivity index (χ3v) is 7.00. The quantitative estimate of drug-likeness (QED) is 0.658. The zero-order valence-electron chi connectivity index (χ0n) is 18.2. The van der Waals surface area contributed by atoms with E-state index in [9.17, 15) is 9.59 Å². The Kier molecular flexibility index (Phi) is 5.66. The lowest BCUT2D eigenvalue weighted by Gasteiger charge is -2.26. The SMILES string of the molecule is CNC(=O)C1(Cc2cc(-c3ccccc3C)no2)CCN(C(=O)c2sc(C)nc2C)C1. The minimum Gasteiger partial charge on any atom is -0.361 e. The molecule has 2 amide bonds. The van der Waals surface area contributed by atoms with Crippen LogP contribution >= 0.6 is 11.3 Å². The number of benzene rings is 1. The van der Waals surface area contributed by atoms with Gasteiger partial charge in [-0.1, -0.05) is 29.4 Å². The van der Waals surface area contributed by atoms with Gasteiger partial charge in [0.25, 0.3) is 5.91 Å². The van der Waals surface area contributed by atoms with Crippen LogP contribution in [0, 0.1) is 26.2 Å². The molecule has 4 rings (SSSR count). The van der Waals surface area contributed by atoms with E-state index >= 15 is 0 Å². The van der Waals surface area contributed by atoms with Crippen LogP contribution in [0.4, 0.5) is 0 Å². The normalized spacial score (nSPS) is 18.4. The third kappa shape index (κ3) is 3.99. The molecule has 3 heterocycles. The molecule has 162 valence electrons. The van der Waals surface area contributed by atoms with Crippen LogP contribution < -0.4 is 5.32 Å². The van der Waals surface area contributed by atoms with Crippen molar-refractivity contribution in [3.05, 3.63) is 57.2 Å². The van der Waals surface area contributed by atoms with E-state index in [0.717, 1.165) is 27.5 Å². The third-order valence-electron chi connectivity index (χ3n) is 5.94. The minimum absolute atomic E-state index is 0.0629. The summed E-state index contributed by atoms with van der Waals surface area (Å²) in [7, 11) is 1.63.